The van der Waals surface area contributed by atoms with Crippen molar-refractivity contribution >= 4 is 40.8 Å². The second-order valence-corrected chi connectivity index (χ2v) is 8.05. The van der Waals surface area contributed by atoms with Crippen molar-refractivity contribution in [2.75, 3.05) is 62.9 Å². The van der Waals surface area contributed by atoms with E-state index >= 15 is 0 Å². The number of benzene rings is 2. The topological polar surface area (TPSA) is 103 Å². The zero-order valence-electron chi connectivity index (χ0n) is 22.4. The van der Waals surface area contributed by atoms with E-state index in [1.807, 2.05) is 74.6 Å². The number of nitrogens with one attached hydrogen (secondary N) is 3. The number of anilines is 4. The van der Waals surface area contributed by atoms with Crippen LogP contribution >= 0.6 is 0 Å². The molecule has 2 aromatic carbocycles. The van der Waals surface area contributed by atoms with Gasteiger partial charge in [-0.3, -0.25) is 9.98 Å². The summed E-state index contributed by atoms with van der Waals surface area (Å²) in [5.41, 5.74) is 12.5. The first kappa shape index (κ1) is 28.7. The van der Waals surface area contributed by atoms with E-state index in [0.29, 0.717) is 17.2 Å². The number of nitrogens with zero attached hydrogens (tertiary/aromatic N) is 4. The first-order valence-corrected chi connectivity index (χ1v) is 11.6. The van der Waals surface area contributed by atoms with Gasteiger partial charge >= 0.3 is 0 Å². The molecule has 37 heavy (non-hydrogen) atoms. The maximum absolute atomic E-state index is 6.05. The second-order valence-electron chi connectivity index (χ2n) is 8.05. The fraction of sp³-hybridized carbons (Fsp3) is 0.214. The normalized spacial score (nSPS) is 11.8. The van der Waals surface area contributed by atoms with Crippen molar-refractivity contribution in [3.8, 4) is 5.75 Å². The minimum Gasteiger partial charge on any atom is -0.495 e. The van der Waals surface area contributed by atoms with Gasteiger partial charge in [-0.2, -0.15) is 0 Å². The van der Waals surface area contributed by atoms with E-state index in [2.05, 4.69) is 40.8 Å². The molecule has 2 aromatic rings. The lowest BCUT2D eigenvalue weighted by Gasteiger charge is -2.30. The van der Waals surface area contributed by atoms with E-state index in [9.17, 15) is 0 Å². The molecule has 0 saturated carbocycles. The van der Waals surface area contributed by atoms with Crippen LogP contribution in [0.2, 0.25) is 0 Å². The molecule has 0 radical (unpaired) electrons. The van der Waals surface area contributed by atoms with Gasteiger partial charge in [0.05, 0.1) is 29.9 Å². The lowest BCUT2D eigenvalue weighted by atomic mass is 10.00. The van der Waals surface area contributed by atoms with Crippen LogP contribution in [0.1, 0.15) is 5.56 Å². The summed E-state index contributed by atoms with van der Waals surface area (Å²) in [6.07, 6.45) is 6.56. The van der Waals surface area contributed by atoms with Crippen molar-refractivity contribution in [3.05, 3.63) is 85.4 Å². The summed E-state index contributed by atoms with van der Waals surface area (Å²) in [5, 5.41) is 13.8. The first-order valence-electron chi connectivity index (χ1n) is 11.6. The van der Waals surface area contributed by atoms with Crippen molar-refractivity contribution in [2.24, 2.45) is 15.7 Å². The van der Waals surface area contributed by atoms with Crippen molar-refractivity contribution in [1.29, 1.82) is 0 Å². The standard InChI is InChI=1S/C28H38N8O/c1-9-20(2)34-25-16-26(28(37-8)17-27(25)36(7)35(5)6)33-19-32-24(14-15-30-3)22(18-29)21-12-10-11-13-23(21)31-4/h9-18,31,33-34H,1-3,19,29H2,4-8H3/b15-14-,22-18+,32-24+. The highest BCUT2D eigenvalue weighted by Crippen LogP contribution is 2.37. The molecule has 0 atom stereocenters. The molecule has 0 aliphatic heterocycles. The molecule has 0 unspecified atom stereocenters. The van der Waals surface area contributed by atoms with Crippen LogP contribution in [0, 0.1) is 0 Å². The summed E-state index contributed by atoms with van der Waals surface area (Å²) < 4.78 is 5.69. The number of hydrazine groups is 1. The maximum atomic E-state index is 6.05. The van der Waals surface area contributed by atoms with Gasteiger partial charge in [0.15, 0.2) is 0 Å². The zero-order chi connectivity index (χ0) is 27.4. The maximum Gasteiger partial charge on any atom is 0.144 e. The third-order valence-corrected chi connectivity index (χ3v) is 5.59. The van der Waals surface area contributed by atoms with Crippen LogP contribution in [0.15, 0.2) is 89.8 Å². The monoisotopic (exact) mass is 502 g/mol. The van der Waals surface area contributed by atoms with E-state index in [0.717, 1.165) is 33.9 Å². The molecule has 0 saturated heterocycles. The Morgan fingerprint density at radius 2 is 1.86 bits per heavy atom. The van der Waals surface area contributed by atoms with E-state index in [4.69, 9.17) is 15.5 Å². The second kappa shape index (κ2) is 14.2. The molecule has 0 bridgehead atoms. The van der Waals surface area contributed by atoms with Crippen LogP contribution in [0.25, 0.3) is 5.57 Å². The number of ether oxygens (including phenoxy) is 1. The van der Waals surface area contributed by atoms with Gasteiger partial charge in [-0.1, -0.05) is 31.4 Å². The predicted molar refractivity (Wildman–Crippen MR) is 161 cm³/mol. The minimum absolute atomic E-state index is 0.247. The molecule has 0 aliphatic rings. The smallest absolute Gasteiger partial charge is 0.144 e. The van der Waals surface area contributed by atoms with Crippen LogP contribution < -0.4 is 31.4 Å². The Bertz CT molecular complexity index is 1200. The Morgan fingerprint density at radius 1 is 1.14 bits per heavy atom. The zero-order valence-corrected chi connectivity index (χ0v) is 22.4. The third-order valence-electron chi connectivity index (χ3n) is 5.59. The summed E-state index contributed by atoms with van der Waals surface area (Å²) >= 11 is 0. The number of allylic oxidation sites excluding steroid dienone is 3. The van der Waals surface area contributed by atoms with Crippen molar-refractivity contribution in [3.63, 3.8) is 0 Å². The predicted octanol–water partition coefficient (Wildman–Crippen LogP) is 4.79. The minimum atomic E-state index is 0.247. The average Bonchev–Trinajstić information content (AvgIpc) is 2.91. The van der Waals surface area contributed by atoms with Gasteiger partial charge < -0.3 is 31.4 Å². The van der Waals surface area contributed by atoms with Gasteiger partial charge in [0.1, 0.15) is 12.4 Å². The fourth-order valence-electron chi connectivity index (χ4n) is 3.49. The number of hydrogen-bond acceptors (Lipinski definition) is 9. The molecule has 9 heteroatoms. The highest BCUT2D eigenvalue weighted by atomic mass is 16.5. The number of hydrogen-bond donors (Lipinski definition) is 4. The van der Waals surface area contributed by atoms with Gasteiger partial charge in [-0.25, -0.2) is 5.01 Å². The van der Waals surface area contributed by atoms with Crippen molar-refractivity contribution < 1.29 is 4.74 Å². The van der Waals surface area contributed by atoms with Crippen molar-refractivity contribution in [2.45, 2.75) is 0 Å². The van der Waals surface area contributed by atoms with Gasteiger partial charge in [0, 0.05) is 69.2 Å². The van der Waals surface area contributed by atoms with Gasteiger partial charge in [0.25, 0.3) is 0 Å². The quantitative estimate of drug-likeness (QED) is 0.167. The SMILES string of the molecule is C=CC(=C)Nc1cc(NC/N=C(\C=C/N=C)C(=C/N)/c2ccccc2NC)c(OC)cc1N(C)N(C)C. The van der Waals surface area contributed by atoms with E-state index in [1.54, 1.807) is 25.5 Å². The third kappa shape index (κ3) is 7.49. The van der Waals surface area contributed by atoms with Gasteiger partial charge in [-0.05, 0) is 31.0 Å². The molecule has 0 aromatic heterocycles. The summed E-state index contributed by atoms with van der Waals surface area (Å²) in [5.74, 6) is 0.661. The number of aliphatic imine (C=N–C) groups is 2. The Kier molecular flexibility index (Phi) is 11.0. The summed E-state index contributed by atoms with van der Waals surface area (Å²) in [7, 11) is 9.38. The lowest BCUT2D eigenvalue weighted by molar-refractivity contribution is 0.394. The molecule has 0 heterocycles. The van der Waals surface area contributed by atoms with Crippen LogP contribution in [-0.4, -0.2) is 59.4 Å². The summed E-state index contributed by atoms with van der Waals surface area (Å²) in [6, 6.07) is 11.8. The Balaban J connectivity index is 2.47. The molecule has 2 rings (SSSR count). The number of methoxy groups -OCH3 is 1. The van der Waals surface area contributed by atoms with Gasteiger partial charge in [0.2, 0.25) is 0 Å². The fourth-order valence-corrected chi connectivity index (χ4v) is 3.49. The van der Waals surface area contributed by atoms with Crippen molar-refractivity contribution in [1.82, 2.24) is 5.01 Å². The molecular formula is C28H38N8O. The number of rotatable bonds is 14. The molecule has 0 fully saturated rings. The molecule has 9 nitrogen and oxygen atoms in total. The molecule has 196 valence electrons. The Labute approximate surface area is 220 Å². The Hall–Kier alpha value is -4.50. The molecule has 5 N–H and O–H groups in total. The summed E-state index contributed by atoms with van der Waals surface area (Å²) in [4.78, 5) is 8.61. The highest BCUT2D eigenvalue weighted by molar-refractivity contribution is 6.30. The van der Waals surface area contributed by atoms with E-state index < -0.39 is 0 Å². The largest absolute Gasteiger partial charge is 0.495 e. The number of nitrogens with two attached hydrogens (primary N) is 1. The van der Waals surface area contributed by atoms with Gasteiger partial charge in [-0.15, -0.1) is 0 Å². The lowest BCUT2D eigenvalue weighted by Crippen LogP contribution is -2.33. The Morgan fingerprint density at radius 3 is 2.46 bits per heavy atom. The van der Waals surface area contributed by atoms with Crippen LogP contribution in [0.5, 0.6) is 5.75 Å². The van der Waals surface area contributed by atoms with E-state index in [1.165, 1.54) is 6.20 Å². The molecule has 0 spiro atoms. The molecule has 0 aliphatic carbocycles. The summed E-state index contributed by atoms with van der Waals surface area (Å²) in [6.45, 7) is 11.6. The van der Waals surface area contributed by atoms with Crippen LogP contribution in [0.4, 0.5) is 22.7 Å². The van der Waals surface area contributed by atoms with E-state index in [-0.39, 0.29) is 6.67 Å². The highest BCUT2D eigenvalue weighted by Gasteiger charge is 2.16. The molecule has 0 amide bonds. The average molecular weight is 503 g/mol. The molecular weight excluding hydrogens is 464 g/mol. The first-order chi connectivity index (χ1) is 17.8. The van der Waals surface area contributed by atoms with Crippen LogP contribution in [0.3, 0.4) is 0 Å². The van der Waals surface area contributed by atoms with Crippen LogP contribution in [-0.2, 0) is 0 Å². The number of para-hydroxylation sites is 1.